The maximum Gasteiger partial charge on any atom is 0.168 e. The zero-order chi connectivity index (χ0) is 12.3. The number of hydrogen-bond acceptors (Lipinski definition) is 4. The minimum absolute atomic E-state index is 0.224. The lowest BCUT2D eigenvalue weighted by Crippen LogP contribution is -1.88. The van der Waals surface area contributed by atoms with Crippen LogP contribution in [0.25, 0.3) is 0 Å². The SMILES string of the molecule is Nc1cccc(Oc2cccc([SH](=O)=O)c2)c1. The van der Waals surface area contributed by atoms with Crippen molar-refractivity contribution >= 4 is 16.4 Å². The largest absolute Gasteiger partial charge is 0.457 e. The van der Waals surface area contributed by atoms with Crippen molar-refractivity contribution in [1.82, 2.24) is 0 Å². The molecule has 88 valence electrons. The number of thiol groups is 1. The van der Waals surface area contributed by atoms with Crippen molar-refractivity contribution in [2.24, 2.45) is 0 Å². The molecule has 0 radical (unpaired) electrons. The first-order chi connectivity index (χ1) is 8.15. The van der Waals surface area contributed by atoms with E-state index in [-0.39, 0.29) is 4.90 Å². The minimum atomic E-state index is -2.60. The number of nitrogen functional groups attached to an aromatic ring is 1. The zero-order valence-corrected chi connectivity index (χ0v) is 9.76. The Balaban J connectivity index is 2.27. The standard InChI is InChI=1S/C12H11NO3S/c13-9-3-1-4-10(7-9)16-11-5-2-6-12(8-11)17(14)15/h1-8,17H,13H2. The second-order valence-electron chi connectivity index (χ2n) is 3.43. The molecule has 0 aromatic heterocycles. The Morgan fingerprint density at radius 1 is 0.941 bits per heavy atom. The van der Waals surface area contributed by atoms with E-state index in [1.807, 2.05) is 0 Å². The monoisotopic (exact) mass is 249 g/mol. The summed E-state index contributed by atoms with van der Waals surface area (Å²) in [6, 6.07) is 13.2. The quantitative estimate of drug-likeness (QED) is 0.645. The fraction of sp³-hybridized carbons (Fsp3) is 0. The molecule has 0 spiro atoms. The molecule has 0 bridgehead atoms. The van der Waals surface area contributed by atoms with E-state index in [4.69, 9.17) is 10.5 Å². The van der Waals surface area contributed by atoms with Crippen molar-refractivity contribution in [3.63, 3.8) is 0 Å². The molecule has 0 saturated carbocycles. The summed E-state index contributed by atoms with van der Waals surface area (Å²) in [5, 5.41) is 0. The maximum absolute atomic E-state index is 10.8. The molecular weight excluding hydrogens is 238 g/mol. The fourth-order valence-corrected chi connectivity index (χ4v) is 1.82. The Kier molecular flexibility index (Phi) is 3.30. The van der Waals surface area contributed by atoms with E-state index in [2.05, 4.69) is 0 Å². The molecule has 2 aromatic carbocycles. The second kappa shape index (κ2) is 4.88. The van der Waals surface area contributed by atoms with Gasteiger partial charge in [0, 0.05) is 11.8 Å². The lowest BCUT2D eigenvalue weighted by molar-refractivity contribution is 0.481. The van der Waals surface area contributed by atoms with Crippen LogP contribution < -0.4 is 10.5 Å². The first kappa shape index (κ1) is 11.5. The van der Waals surface area contributed by atoms with Gasteiger partial charge < -0.3 is 10.5 Å². The molecular formula is C12H11NO3S. The summed E-state index contributed by atoms with van der Waals surface area (Å²) < 4.78 is 27.1. The summed E-state index contributed by atoms with van der Waals surface area (Å²) in [5.41, 5.74) is 6.20. The maximum atomic E-state index is 10.8. The number of nitrogens with two attached hydrogens (primary N) is 1. The van der Waals surface area contributed by atoms with Gasteiger partial charge in [0.1, 0.15) is 11.5 Å². The van der Waals surface area contributed by atoms with Gasteiger partial charge >= 0.3 is 0 Å². The smallest absolute Gasteiger partial charge is 0.168 e. The Morgan fingerprint density at radius 2 is 1.59 bits per heavy atom. The predicted molar refractivity (Wildman–Crippen MR) is 66.0 cm³/mol. The molecule has 0 aliphatic heterocycles. The van der Waals surface area contributed by atoms with E-state index in [9.17, 15) is 8.42 Å². The van der Waals surface area contributed by atoms with Crippen LogP contribution in [0.2, 0.25) is 0 Å². The third kappa shape index (κ3) is 2.98. The molecule has 0 aliphatic rings. The van der Waals surface area contributed by atoms with Gasteiger partial charge in [-0.3, -0.25) is 0 Å². The molecule has 0 unspecified atom stereocenters. The molecule has 0 heterocycles. The first-order valence-corrected chi connectivity index (χ1v) is 6.11. The van der Waals surface area contributed by atoms with Crippen LogP contribution in [-0.2, 0) is 10.7 Å². The van der Waals surface area contributed by atoms with E-state index >= 15 is 0 Å². The Labute approximate surface area is 101 Å². The molecule has 0 atom stereocenters. The molecule has 4 nitrogen and oxygen atoms in total. The second-order valence-corrected chi connectivity index (χ2v) is 4.46. The Morgan fingerprint density at radius 3 is 2.24 bits per heavy atom. The van der Waals surface area contributed by atoms with Gasteiger partial charge in [-0.15, -0.1) is 0 Å². The van der Waals surface area contributed by atoms with Crippen LogP contribution in [-0.4, -0.2) is 8.42 Å². The summed E-state index contributed by atoms with van der Waals surface area (Å²) in [7, 11) is -2.60. The number of benzene rings is 2. The van der Waals surface area contributed by atoms with Crippen LogP contribution in [0.1, 0.15) is 0 Å². The van der Waals surface area contributed by atoms with E-state index in [1.54, 1.807) is 36.4 Å². The molecule has 2 aromatic rings. The average molecular weight is 249 g/mol. The van der Waals surface area contributed by atoms with Crippen LogP contribution >= 0.6 is 0 Å². The van der Waals surface area contributed by atoms with Crippen LogP contribution in [0.5, 0.6) is 11.5 Å². The highest BCUT2D eigenvalue weighted by Gasteiger charge is 2.00. The van der Waals surface area contributed by atoms with Crippen molar-refractivity contribution in [3.8, 4) is 11.5 Å². The van der Waals surface area contributed by atoms with E-state index < -0.39 is 10.7 Å². The van der Waals surface area contributed by atoms with Gasteiger partial charge in [-0.25, -0.2) is 8.42 Å². The van der Waals surface area contributed by atoms with Gasteiger partial charge in [0.15, 0.2) is 10.7 Å². The van der Waals surface area contributed by atoms with Gasteiger partial charge in [0.2, 0.25) is 0 Å². The fourth-order valence-electron chi connectivity index (χ4n) is 1.37. The van der Waals surface area contributed by atoms with Gasteiger partial charge in [0.05, 0.1) is 4.90 Å². The average Bonchev–Trinajstić information content (AvgIpc) is 2.29. The normalized spacial score (nSPS) is 10.4. The van der Waals surface area contributed by atoms with Gasteiger partial charge in [-0.2, -0.15) is 0 Å². The number of ether oxygens (including phenoxy) is 1. The molecule has 0 amide bonds. The number of hydrogen-bond donors (Lipinski definition) is 2. The lowest BCUT2D eigenvalue weighted by Gasteiger charge is -2.06. The van der Waals surface area contributed by atoms with Crippen molar-refractivity contribution in [2.75, 3.05) is 5.73 Å². The summed E-state index contributed by atoms with van der Waals surface area (Å²) in [4.78, 5) is 0.224. The summed E-state index contributed by atoms with van der Waals surface area (Å²) in [5.74, 6) is 1.04. The first-order valence-electron chi connectivity index (χ1n) is 4.93. The Bertz CT molecular complexity index is 600. The van der Waals surface area contributed by atoms with Crippen molar-refractivity contribution < 1.29 is 13.2 Å². The zero-order valence-electron chi connectivity index (χ0n) is 8.87. The van der Waals surface area contributed by atoms with Crippen LogP contribution in [0.4, 0.5) is 5.69 Å². The molecule has 0 fully saturated rings. The van der Waals surface area contributed by atoms with E-state index in [0.717, 1.165) is 0 Å². The van der Waals surface area contributed by atoms with Gasteiger partial charge in [0.25, 0.3) is 0 Å². The highest BCUT2D eigenvalue weighted by Crippen LogP contribution is 2.24. The topological polar surface area (TPSA) is 69.4 Å². The van der Waals surface area contributed by atoms with Crippen molar-refractivity contribution in [2.45, 2.75) is 4.90 Å². The van der Waals surface area contributed by atoms with Crippen LogP contribution in [0, 0.1) is 0 Å². The molecule has 2 N–H and O–H groups in total. The predicted octanol–water partition coefficient (Wildman–Crippen LogP) is 2.03. The summed E-state index contributed by atoms with van der Waals surface area (Å²) in [6.45, 7) is 0. The van der Waals surface area contributed by atoms with Crippen molar-refractivity contribution in [3.05, 3.63) is 48.5 Å². The lowest BCUT2D eigenvalue weighted by atomic mass is 10.3. The third-order valence-corrected chi connectivity index (χ3v) is 2.82. The van der Waals surface area contributed by atoms with E-state index in [0.29, 0.717) is 17.2 Å². The van der Waals surface area contributed by atoms with Crippen LogP contribution in [0.3, 0.4) is 0 Å². The molecule has 0 aliphatic carbocycles. The third-order valence-electron chi connectivity index (χ3n) is 2.12. The highest BCUT2D eigenvalue weighted by atomic mass is 32.2. The van der Waals surface area contributed by atoms with Crippen LogP contribution in [0.15, 0.2) is 53.4 Å². The molecule has 0 saturated heterocycles. The highest BCUT2D eigenvalue weighted by molar-refractivity contribution is 7.72. The Hall–Kier alpha value is -2.01. The molecule has 2 rings (SSSR count). The van der Waals surface area contributed by atoms with Gasteiger partial charge in [-0.1, -0.05) is 12.1 Å². The van der Waals surface area contributed by atoms with Crippen molar-refractivity contribution in [1.29, 1.82) is 0 Å². The molecule has 5 heteroatoms. The number of rotatable bonds is 3. The van der Waals surface area contributed by atoms with Gasteiger partial charge in [-0.05, 0) is 30.3 Å². The number of anilines is 1. The summed E-state index contributed by atoms with van der Waals surface area (Å²) in [6.07, 6.45) is 0. The molecule has 17 heavy (non-hydrogen) atoms. The summed E-state index contributed by atoms with van der Waals surface area (Å²) >= 11 is 0. The minimum Gasteiger partial charge on any atom is -0.457 e. The van der Waals surface area contributed by atoms with E-state index in [1.165, 1.54) is 12.1 Å².